The van der Waals surface area contributed by atoms with Gasteiger partial charge in [0, 0.05) is 17.1 Å². The Hall–Kier alpha value is -0.430. The molecule has 0 spiro atoms. The Balaban J connectivity index is 2.97. The van der Waals surface area contributed by atoms with Crippen molar-refractivity contribution in [3.05, 3.63) is 28.2 Å². The zero-order valence-corrected chi connectivity index (χ0v) is 12.2. The summed E-state index contributed by atoms with van der Waals surface area (Å²) in [7, 11) is -3.51. The monoisotopic (exact) mass is 321 g/mol. The summed E-state index contributed by atoms with van der Waals surface area (Å²) in [5.41, 5.74) is 0.683. The fraction of sp³-hybridized carbons (Fsp3) is 0.455. The Bertz CT molecular complexity index is 487. The topological polar surface area (TPSA) is 66.4 Å². The Labute approximate surface area is 110 Å². The van der Waals surface area contributed by atoms with Crippen molar-refractivity contribution in [1.82, 2.24) is 4.72 Å². The third-order valence-electron chi connectivity index (χ3n) is 2.34. The lowest BCUT2D eigenvalue weighted by Gasteiger charge is -2.14. The van der Waals surface area contributed by atoms with Gasteiger partial charge < -0.3 is 5.11 Å². The van der Waals surface area contributed by atoms with Gasteiger partial charge in [0.15, 0.2) is 0 Å². The number of benzene rings is 1. The average Bonchev–Trinajstić information content (AvgIpc) is 2.15. The Kier molecular flexibility index (Phi) is 5.12. The highest BCUT2D eigenvalue weighted by molar-refractivity contribution is 9.10. The number of sulfonamides is 1. The number of hydrogen-bond donors (Lipinski definition) is 2. The molecule has 0 saturated carbocycles. The number of halogens is 1. The number of hydrogen-bond acceptors (Lipinski definition) is 3. The van der Waals surface area contributed by atoms with Crippen LogP contribution >= 0.6 is 15.9 Å². The second-order valence-corrected chi connectivity index (χ2v) is 6.54. The molecule has 0 fully saturated rings. The van der Waals surface area contributed by atoms with Gasteiger partial charge >= 0.3 is 0 Å². The van der Waals surface area contributed by atoms with Crippen LogP contribution in [0.2, 0.25) is 0 Å². The van der Waals surface area contributed by atoms with E-state index in [2.05, 4.69) is 20.7 Å². The SMILES string of the molecule is Cc1cc(Br)ccc1S(=O)(=O)N[C@H](C)CCO. The van der Waals surface area contributed by atoms with Gasteiger partial charge in [0.1, 0.15) is 0 Å². The van der Waals surface area contributed by atoms with Gasteiger partial charge in [0.05, 0.1) is 4.90 Å². The van der Waals surface area contributed by atoms with Crippen molar-refractivity contribution in [2.24, 2.45) is 0 Å². The molecular formula is C11H16BrNO3S. The minimum absolute atomic E-state index is 0.0387. The first-order valence-electron chi connectivity index (χ1n) is 5.26. The third-order valence-corrected chi connectivity index (χ3v) is 4.59. The molecule has 0 aliphatic carbocycles. The highest BCUT2D eigenvalue weighted by atomic mass is 79.9. The second-order valence-electron chi connectivity index (χ2n) is 3.94. The largest absolute Gasteiger partial charge is 0.396 e. The van der Waals surface area contributed by atoms with Gasteiger partial charge in [-0.05, 0) is 44.0 Å². The molecule has 0 amide bonds. The van der Waals surface area contributed by atoms with Crippen LogP contribution in [0.5, 0.6) is 0 Å². The molecule has 1 atom stereocenters. The van der Waals surface area contributed by atoms with E-state index in [0.717, 1.165) is 4.47 Å². The highest BCUT2D eigenvalue weighted by Crippen LogP contribution is 2.20. The maximum atomic E-state index is 12.0. The van der Waals surface area contributed by atoms with Crippen LogP contribution in [-0.4, -0.2) is 26.2 Å². The summed E-state index contributed by atoms with van der Waals surface area (Å²) in [5.74, 6) is 0. The normalized spacial score (nSPS) is 13.6. The molecule has 6 heteroatoms. The van der Waals surface area contributed by atoms with E-state index in [-0.39, 0.29) is 17.5 Å². The van der Waals surface area contributed by atoms with E-state index in [1.807, 2.05) is 0 Å². The molecule has 1 aromatic rings. The van der Waals surface area contributed by atoms with Crippen LogP contribution in [0, 0.1) is 6.92 Å². The third kappa shape index (κ3) is 4.06. The van der Waals surface area contributed by atoms with E-state index in [0.29, 0.717) is 12.0 Å². The summed E-state index contributed by atoms with van der Waals surface area (Å²) in [6.07, 6.45) is 0.398. The van der Waals surface area contributed by atoms with Crippen LogP contribution in [0.3, 0.4) is 0 Å². The van der Waals surface area contributed by atoms with Gasteiger partial charge in [-0.1, -0.05) is 15.9 Å². The van der Waals surface area contributed by atoms with Gasteiger partial charge in [-0.15, -0.1) is 0 Å². The van der Waals surface area contributed by atoms with Gasteiger partial charge in [-0.2, -0.15) is 0 Å². The van der Waals surface area contributed by atoms with Gasteiger partial charge in [0.25, 0.3) is 0 Å². The summed E-state index contributed by atoms with van der Waals surface area (Å²) < 4.78 is 27.5. The first-order chi connectivity index (χ1) is 7.86. The predicted octanol–water partition coefficient (Wildman–Crippen LogP) is 1.81. The molecule has 0 aliphatic heterocycles. The molecule has 4 nitrogen and oxygen atoms in total. The van der Waals surface area contributed by atoms with Crippen LogP contribution < -0.4 is 4.72 Å². The lowest BCUT2D eigenvalue weighted by Crippen LogP contribution is -2.33. The number of rotatable bonds is 5. The molecule has 0 saturated heterocycles. The van der Waals surface area contributed by atoms with Crippen LogP contribution in [0.15, 0.2) is 27.6 Å². The van der Waals surface area contributed by atoms with Crippen molar-refractivity contribution in [3.8, 4) is 0 Å². The van der Waals surface area contributed by atoms with Gasteiger partial charge in [0.2, 0.25) is 10.0 Å². The second kappa shape index (κ2) is 5.95. The number of aliphatic hydroxyl groups is 1. The van der Waals surface area contributed by atoms with Crippen molar-refractivity contribution in [3.63, 3.8) is 0 Å². The molecule has 1 rings (SSSR count). The van der Waals surface area contributed by atoms with Crippen LogP contribution in [-0.2, 0) is 10.0 Å². The standard InChI is InChI=1S/C11H16BrNO3S/c1-8-7-10(12)3-4-11(8)17(15,16)13-9(2)5-6-14/h3-4,7,9,13-14H,5-6H2,1-2H3/t9-/m1/s1. The molecule has 0 aliphatic rings. The van der Waals surface area contributed by atoms with Crippen molar-refractivity contribution in [2.75, 3.05) is 6.61 Å². The fourth-order valence-corrected chi connectivity index (χ4v) is 3.48. The van der Waals surface area contributed by atoms with Crippen molar-refractivity contribution < 1.29 is 13.5 Å². The first kappa shape index (κ1) is 14.6. The maximum Gasteiger partial charge on any atom is 0.241 e. The lowest BCUT2D eigenvalue weighted by atomic mass is 10.2. The van der Waals surface area contributed by atoms with Crippen molar-refractivity contribution >= 4 is 26.0 Å². The molecule has 1 aromatic carbocycles. The molecular weight excluding hydrogens is 306 g/mol. The number of aryl methyl sites for hydroxylation is 1. The Morgan fingerprint density at radius 2 is 2.12 bits per heavy atom. The van der Waals surface area contributed by atoms with Crippen molar-refractivity contribution in [1.29, 1.82) is 0 Å². The minimum Gasteiger partial charge on any atom is -0.396 e. The maximum absolute atomic E-state index is 12.0. The molecule has 0 bridgehead atoms. The van der Waals surface area contributed by atoms with E-state index in [9.17, 15) is 8.42 Å². The molecule has 0 aromatic heterocycles. The van der Waals surface area contributed by atoms with E-state index < -0.39 is 10.0 Å². The summed E-state index contributed by atoms with van der Waals surface area (Å²) in [5, 5.41) is 8.75. The predicted molar refractivity (Wildman–Crippen MR) is 70.4 cm³/mol. The summed E-state index contributed by atoms with van der Waals surface area (Å²) >= 11 is 3.29. The van der Waals surface area contributed by atoms with Crippen LogP contribution in [0.25, 0.3) is 0 Å². The first-order valence-corrected chi connectivity index (χ1v) is 7.54. The zero-order valence-electron chi connectivity index (χ0n) is 9.77. The van der Waals surface area contributed by atoms with Gasteiger partial charge in [-0.25, -0.2) is 13.1 Å². The van der Waals surface area contributed by atoms with Crippen molar-refractivity contribution in [2.45, 2.75) is 31.2 Å². The minimum atomic E-state index is -3.51. The van der Waals surface area contributed by atoms with E-state index in [1.54, 1.807) is 32.0 Å². The summed E-state index contributed by atoms with van der Waals surface area (Å²) in [6, 6.07) is 4.73. The highest BCUT2D eigenvalue weighted by Gasteiger charge is 2.19. The molecule has 2 N–H and O–H groups in total. The quantitative estimate of drug-likeness (QED) is 0.869. The summed E-state index contributed by atoms with van der Waals surface area (Å²) in [6.45, 7) is 3.43. The van der Waals surface area contributed by atoms with Crippen LogP contribution in [0.1, 0.15) is 18.9 Å². The van der Waals surface area contributed by atoms with E-state index in [4.69, 9.17) is 5.11 Å². The number of nitrogens with one attached hydrogen (secondary N) is 1. The molecule has 0 heterocycles. The smallest absolute Gasteiger partial charge is 0.241 e. The fourth-order valence-electron chi connectivity index (χ4n) is 1.50. The molecule has 17 heavy (non-hydrogen) atoms. The Morgan fingerprint density at radius 1 is 1.47 bits per heavy atom. The summed E-state index contributed by atoms with van der Waals surface area (Å²) in [4.78, 5) is 0.269. The average molecular weight is 322 g/mol. The number of aliphatic hydroxyl groups excluding tert-OH is 1. The molecule has 0 radical (unpaired) electrons. The molecule has 0 unspecified atom stereocenters. The molecule has 96 valence electrons. The zero-order chi connectivity index (χ0) is 13.1. The lowest BCUT2D eigenvalue weighted by molar-refractivity contribution is 0.275. The van der Waals surface area contributed by atoms with E-state index in [1.165, 1.54) is 0 Å². The van der Waals surface area contributed by atoms with Crippen LogP contribution in [0.4, 0.5) is 0 Å². The van der Waals surface area contributed by atoms with Gasteiger partial charge in [-0.3, -0.25) is 0 Å². The Morgan fingerprint density at radius 3 is 2.65 bits per heavy atom. The van der Waals surface area contributed by atoms with E-state index >= 15 is 0 Å².